The molecular weight excluding hydrogens is 364 g/mol. The maximum Gasteiger partial charge on any atom is 0.248 e. The van der Waals surface area contributed by atoms with E-state index in [9.17, 15) is 13.2 Å². The summed E-state index contributed by atoms with van der Waals surface area (Å²) < 4.78 is 24.6. The van der Waals surface area contributed by atoms with Gasteiger partial charge in [-0.15, -0.1) is 0 Å². The number of benzene rings is 1. The molecule has 0 saturated carbocycles. The molecule has 0 fully saturated rings. The van der Waals surface area contributed by atoms with Crippen molar-refractivity contribution in [2.75, 3.05) is 5.32 Å². The summed E-state index contributed by atoms with van der Waals surface area (Å²) in [5.74, 6) is -0.423. The first-order chi connectivity index (χ1) is 11.5. The minimum Gasteiger partial charge on any atom is -0.322 e. The predicted octanol–water partition coefficient (Wildman–Crippen LogP) is 2.30. The second kappa shape index (κ2) is 6.99. The highest BCUT2D eigenvalue weighted by atomic mass is 35.5. The highest BCUT2D eigenvalue weighted by Gasteiger charge is 2.14. The van der Waals surface area contributed by atoms with Crippen LogP contribution in [0.1, 0.15) is 22.4 Å². The number of carbonyl (C=O) groups excluding carboxylic acids is 1. The summed E-state index contributed by atoms with van der Waals surface area (Å²) in [6.07, 6.45) is 2.88. The van der Waals surface area contributed by atoms with Crippen molar-refractivity contribution in [1.29, 1.82) is 0 Å². The Morgan fingerprint density at radius 2 is 1.96 bits per heavy atom. The largest absolute Gasteiger partial charge is 0.322 e. The van der Waals surface area contributed by atoms with Crippen molar-refractivity contribution in [2.24, 2.45) is 12.2 Å². The molecule has 9 heteroatoms. The normalized spacial score (nSPS) is 11.9. The van der Waals surface area contributed by atoms with Crippen LogP contribution in [0.4, 0.5) is 5.69 Å². The second-order valence-corrected chi connectivity index (χ2v) is 7.61. The van der Waals surface area contributed by atoms with Crippen LogP contribution in [0, 0.1) is 20.8 Å². The van der Waals surface area contributed by atoms with Crippen LogP contribution >= 0.6 is 11.6 Å². The lowest BCUT2D eigenvalue weighted by atomic mass is 10.1. The lowest BCUT2D eigenvalue weighted by molar-refractivity contribution is -0.111. The number of sulfonamides is 1. The molecule has 25 heavy (non-hydrogen) atoms. The number of anilines is 1. The summed E-state index contributed by atoms with van der Waals surface area (Å²) in [7, 11) is -2.16. The average molecular weight is 383 g/mol. The number of rotatable bonds is 4. The second-order valence-electron chi connectivity index (χ2n) is 5.69. The van der Waals surface area contributed by atoms with Crippen LogP contribution in [0.25, 0.3) is 6.08 Å². The summed E-state index contributed by atoms with van der Waals surface area (Å²) in [4.78, 5) is 12.1. The summed E-state index contributed by atoms with van der Waals surface area (Å²) in [6, 6.07) is 2.81. The van der Waals surface area contributed by atoms with E-state index in [-0.39, 0.29) is 4.90 Å². The molecule has 0 bridgehead atoms. The van der Waals surface area contributed by atoms with E-state index >= 15 is 0 Å². The number of primary sulfonamides is 1. The number of nitrogens with zero attached hydrogens (tertiary/aromatic N) is 2. The van der Waals surface area contributed by atoms with Gasteiger partial charge in [0.2, 0.25) is 15.9 Å². The number of hydrogen-bond donors (Lipinski definition) is 2. The van der Waals surface area contributed by atoms with Gasteiger partial charge in [-0.05, 0) is 50.1 Å². The van der Waals surface area contributed by atoms with E-state index in [0.717, 1.165) is 5.56 Å². The Morgan fingerprint density at radius 3 is 2.48 bits per heavy atom. The van der Waals surface area contributed by atoms with Gasteiger partial charge in [0.15, 0.2) is 0 Å². The molecule has 134 valence electrons. The first-order valence-corrected chi connectivity index (χ1v) is 9.25. The number of halogens is 1. The van der Waals surface area contributed by atoms with E-state index in [0.29, 0.717) is 27.7 Å². The van der Waals surface area contributed by atoms with Crippen LogP contribution in [0.3, 0.4) is 0 Å². The van der Waals surface area contributed by atoms with Crippen molar-refractivity contribution in [3.05, 3.63) is 45.7 Å². The van der Waals surface area contributed by atoms with E-state index < -0.39 is 15.9 Å². The maximum absolute atomic E-state index is 12.2. The first-order valence-electron chi connectivity index (χ1n) is 7.33. The van der Waals surface area contributed by atoms with Crippen LogP contribution in [0.5, 0.6) is 0 Å². The molecular formula is C16H19ClN4O3S. The van der Waals surface area contributed by atoms with Gasteiger partial charge in [0.25, 0.3) is 0 Å². The van der Waals surface area contributed by atoms with Crippen LogP contribution in [0.15, 0.2) is 23.1 Å². The maximum atomic E-state index is 12.2. The predicted molar refractivity (Wildman–Crippen MR) is 97.9 cm³/mol. The van der Waals surface area contributed by atoms with Gasteiger partial charge in [-0.25, -0.2) is 13.6 Å². The molecule has 0 unspecified atom stereocenters. The van der Waals surface area contributed by atoms with Crippen LogP contribution in [0.2, 0.25) is 5.15 Å². The number of hydrogen-bond acceptors (Lipinski definition) is 4. The molecule has 0 aliphatic carbocycles. The fraction of sp³-hybridized carbons (Fsp3) is 0.250. The molecule has 1 aromatic heterocycles. The Kier molecular flexibility index (Phi) is 5.36. The van der Waals surface area contributed by atoms with E-state index in [1.54, 1.807) is 33.9 Å². The van der Waals surface area contributed by atoms with Crippen LogP contribution in [-0.2, 0) is 21.9 Å². The number of nitrogens with two attached hydrogens (primary N) is 1. The highest BCUT2D eigenvalue weighted by Crippen LogP contribution is 2.24. The smallest absolute Gasteiger partial charge is 0.248 e. The van der Waals surface area contributed by atoms with Crippen LogP contribution in [-0.4, -0.2) is 24.1 Å². The molecule has 1 aromatic carbocycles. The van der Waals surface area contributed by atoms with Gasteiger partial charge in [0.1, 0.15) is 5.15 Å². The molecule has 2 aromatic rings. The third kappa shape index (κ3) is 4.28. The number of aromatic nitrogens is 2. The molecule has 1 amide bonds. The fourth-order valence-corrected chi connectivity index (χ4v) is 3.15. The van der Waals surface area contributed by atoms with Gasteiger partial charge in [0.05, 0.1) is 10.6 Å². The molecule has 0 radical (unpaired) electrons. The summed E-state index contributed by atoms with van der Waals surface area (Å²) in [6.45, 7) is 5.31. The Balaban J connectivity index is 2.29. The SMILES string of the molecule is Cc1cc(S(N)(=O)=O)cc(NC(=O)/C=C/c2c(C)nn(C)c2Cl)c1C. The third-order valence-electron chi connectivity index (χ3n) is 3.82. The van der Waals surface area contributed by atoms with Gasteiger partial charge in [0, 0.05) is 24.4 Å². The Hall–Kier alpha value is -2.16. The highest BCUT2D eigenvalue weighted by molar-refractivity contribution is 7.89. The molecule has 2 rings (SSSR count). The Labute approximate surface area is 151 Å². The summed E-state index contributed by atoms with van der Waals surface area (Å²) in [5.41, 5.74) is 3.18. The zero-order chi connectivity index (χ0) is 18.9. The molecule has 0 saturated heterocycles. The standard InChI is InChI=1S/C16H19ClN4O3S/c1-9-7-12(25(18,23)24)8-14(10(9)2)19-15(22)6-5-13-11(3)20-21(4)16(13)17/h5-8H,1-4H3,(H,19,22)(H2,18,23,24)/b6-5+. The minimum absolute atomic E-state index is 0.0546. The molecule has 0 aliphatic rings. The lowest BCUT2D eigenvalue weighted by Gasteiger charge is -2.11. The quantitative estimate of drug-likeness (QED) is 0.791. The number of carbonyl (C=O) groups is 1. The zero-order valence-corrected chi connectivity index (χ0v) is 15.9. The third-order valence-corrected chi connectivity index (χ3v) is 5.17. The van der Waals surface area contributed by atoms with Crippen LogP contribution < -0.4 is 10.5 Å². The zero-order valence-electron chi connectivity index (χ0n) is 14.3. The molecule has 1 heterocycles. The van der Waals surface area contributed by atoms with E-state index in [1.807, 2.05) is 0 Å². The van der Waals surface area contributed by atoms with Crippen molar-refractivity contribution in [3.63, 3.8) is 0 Å². The Bertz CT molecular complexity index is 978. The number of amides is 1. The van der Waals surface area contributed by atoms with Gasteiger partial charge in [-0.1, -0.05) is 11.6 Å². The summed E-state index contributed by atoms with van der Waals surface area (Å²) in [5, 5.41) is 12.4. The van der Waals surface area contributed by atoms with Gasteiger partial charge < -0.3 is 5.32 Å². The van der Waals surface area contributed by atoms with Crippen molar-refractivity contribution in [1.82, 2.24) is 9.78 Å². The average Bonchev–Trinajstić information content (AvgIpc) is 2.73. The molecule has 7 nitrogen and oxygen atoms in total. The monoisotopic (exact) mass is 382 g/mol. The van der Waals surface area contributed by atoms with Gasteiger partial charge in [-0.2, -0.15) is 5.10 Å². The van der Waals surface area contributed by atoms with E-state index in [2.05, 4.69) is 10.4 Å². The van der Waals surface area contributed by atoms with Crippen molar-refractivity contribution in [3.8, 4) is 0 Å². The minimum atomic E-state index is -3.86. The van der Waals surface area contributed by atoms with Crippen molar-refractivity contribution >= 4 is 39.3 Å². The lowest BCUT2D eigenvalue weighted by Crippen LogP contribution is -2.15. The molecule has 0 aliphatic heterocycles. The number of nitrogens with one attached hydrogen (secondary N) is 1. The van der Waals surface area contributed by atoms with E-state index in [1.165, 1.54) is 22.9 Å². The van der Waals surface area contributed by atoms with Crippen molar-refractivity contribution < 1.29 is 13.2 Å². The Morgan fingerprint density at radius 1 is 1.32 bits per heavy atom. The van der Waals surface area contributed by atoms with Crippen molar-refractivity contribution in [2.45, 2.75) is 25.7 Å². The number of aryl methyl sites for hydroxylation is 3. The van der Waals surface area contributed by atoms with Gasteiger partial charge in [-0.3, -0.25) is 9.48 Å². The molecule has 3 N–H and O–H groups in total. The van der Waals surface area contributed by atoms with Gasteiger partial charge >= 0.3 is 0 Å². The molecule has 0 atom stereocenters. The first kappa shape index (κ1) is 19.2. The fourth-order valence-electron chi connectivity index (χ4n) is 2.29. The summed E-state index contributed by atoms with van der Waals surface area (Å²) >= 11 is 6.11. The topological polar surface area (TPSA) is 107 Å². The van der Waals surface area contributed by atoms with E-state index in [4.69, 9.17) is 16.7 Å². The molecule has 0 spiro atoms.